The van der Waals surface area contributed by atoms with Gasteiger partial charge in [-0.1, -0.05) is 24.3 Å². The van der Waals surface area contributed by atoms with Gasteiger partial charge in [0.05, 0.1) is 24.0 Å². The zero-order valence-corrected chi connectivity index (χ0v) is 19.1. The predicted octanol–water partition coefficient (Wildman–Crippen LogP) is 4.31. The highest BCUT2D eigenvalue weighted by atomic mass is 16.2. The van der Waals surface area contributed by atoms with Gasteiger partial charge >= 0.3 is 0 Å². The van der Waals surface area contributed by atoms with E-state index >= 15 is 0 Å². The number of nitrogens with zero attached hydrogens (tertiary/aromatic N) is 6. The van der Waals surface area contributed by atoms with Crippen molar-refractivity contribution in [2.45, 2.75) is 12.6 Å². The van der Waals surface area contributed by atoms with Crippen LogP contribution in [0.15, 0.2) is 67.1 Å². The van der Waals surface area contributed by atoms with Crippen LogP contribution in [-0.4, -0.2) is 63.1 Å². The van der Waals surface area contributed by atoms with Crippen molar-refractivity contribution in [1.29, 1.82) is 0 Å². The smallest absolute Gasteiger partial charge is 0.253 e. The van der Waals surface area contributed by atoms with Gasteiger partial charge in [0.1, 0.15) is 0 Å². The first kappa shape index (κ1) is 20.5. The highest BCUT2D eigenvalue weighted by Gasteiger charge is 2.31. The molecule has 1 amide bonds. The molecule has 1 saturated heterocycles. The quantitative estimate of drug-likeness (QED) is 0.387. The number of amides is 1. The normalized spacial score (nSPS) is 14.9. The van der Waals surface area contributed by atoms with Gasteiger partial charge in [-0.3, -0.25) is 9.36 Å². The topological polar surface area (TPSA) is 50.7 Å². The minimum Gasteiger partial charge on any atom is -0.340 e. The number of carbonyl (C=O) groups excluding carboxylic acids is 1. The van der Waals surface area contributed by atoms with Crippen molar-refractivity contribution in [2.24, 2.45) is 0 Å². The number of carbonyl (C=O) groups is 1. The summed E-state index contributed by atoms with van der Waals surface area (Å²) in [7, 11) is 3.97. The zero-order valence-electron chi connectivity index (χ0n) is 19.1. The largest absolute Gasteiger partial charge is 0.340 e. The van der Waals surface area contributed by atoms with E-state index in [4.69, 9.17) is 6.57 Å². The summed E-state index contributed by atoms with van der Waals surface area (Å²) in [6.45, 7) is 9.66. The summed E-state index contributed by atoms with van der Waals surface area (Å²) in [5.41, 5.74) is 6.61. The van der Waals surface area contributed by atoms with Gasteiger partial charge in [0.15, 0.2) is 11.5 Å². The Morgan fingerprint density at radius 3 is 2.65 bits per heavy atom. The van der Waals surface area contributed by atoms with Crippen LogP contribution in [0.2, 0.25) is 0 Å². The lowest BCUT2D eigenvalue weighted by atomic mass is 10.0. The number of hydrogen-bond donors (Lipinski definition) is 0. The Morgan fingerprint density at radius 2 is 1.91 bits per heavy atom. The van der Waals surface area contributed by atoms with E-state index in [1.54, 1.807) is 0 Å². The molecule has 0 spiro atoms. The van der Waals surface area contributed by atoms with Gasteiger partial charge in [-0.25, -0.2) is 9.83 Å². The first-order valence-electron chi connectivity index (χ1n) is 11.3. The van der Waals surface area contributed by atoms with E-state index in [9.17, 15) is 4.79 Å². The Bertz CT molecular complexity index is 1450. The van der Waals surface area contributed by atoms with Gasteiger partial charge in [0, 0.05) is 56.4 Å². The summed E-state index contributed by atoms with van der Waals surface area (Å²) >= 11 is 0. The molecule has 168 valence electrons. The molecule has 0 unspecified atom stereocenters. The number of hydrogen-bond acceptors (Lipinski definition) is 3. The van der Waals surface area contributed by atoms with E-state index in [1.807, 2.05) is 66.8 Å². The SMILES string of the molecule is [C-]#[N+]c1ccc(-c2cc3n(c2)Cc2cc(C(=O)N(C)C4CN(C)C4)ccc2-n2ccnc2-3)cc1. The van der Waals surface area contributed by atoms with Crippen LogP contribution >= 0.6 is 0 Å². The molecule has 0 radical (unpaired) electrons. The van der Waals surface area contributed by atoms with E-state index in [2.05, 4.69) is 43.2 Å². The van der Waals surface area contributed by atoms with E-state index in [0.717, 1.165) is 47.0 Å². The Labute approximate surface area is 198 Å². The fraction of sp³-hybridized carbons (Fsp3) is 0.222. The van der Waals surface area contributed by atoms with E-state index < -0.39 is 0 Å². The van der Waals surface area contributed by atoms with E-state index in [1.165, 1.54) is 0 Å². The molecular weight excluding hydrogens is 424 g/mol. The van der Waals surface area contributed by atoms with Crippen molar-refractivity contribution in [3.63, 3.8) is 0 Å². The van der Waals surface area contributed by atoms with Crippen molar-refractivity contribution in [2.75, 3.05) is 27.2 Å². The first-order valence-corrected chi connectivity index (χ1v) is 11.3. The molecule has 0 saturated carbocycles. The maximum Gasteiger partial charge on any atom is 0.253 e. The van der Waals surface area contributed by atoms with Gasteiger partial charge in [-0.2, -0.15) is 0 Å². The molecule has 0 atom stereocenters. The third-order valence-electron chi connectivity index (χ3n) is 6.94. The molecule has 4 heterocycles. The Balaban J connectivity index is 1.38. The average Bonchev–Trinajstić information content (AvgIpc) is 3.46. The van der Waals surface area contributed by atoms with Crippen LogP contribution in [0.25, 0.3) is 33.2 Å². The van der Waals surface area contributed by atoms with Crippen molar-refractivity contribution in [1.82, 2.24) is 23.9 Å². The van der Waals surface area contributed by atoms with Gasteiger partial charge in [-0.15, -0.1) is 0 Å². The summed E-state index contributed by atoms with van der Waals surface area (Å²) in [5, 5.41) is 0. The van der Waals surface area contributed by atoms with E-state index in [0.29, 0.717) is 17.8 Å². The van der Waals surface area contributed by atoms with Crippen LogP contribution in [0, 0.1) is 6.57 Å². The third-order valence-corrected chi connectivity index (χ3v) is 6.94. The minimum absolute atomic E-state index is 0.0596. The molecule has 2 aliphatic rings. The Hall–Kier alpha value is -4.15. The van der Waals surface area contributed by atoms with Gasteiger partial charge in [0.25, 0.3) is 5.91 Å². The lowest BCUT2D eigenvalue weighted by Crippen LogP contribution is -2.58. The maximum absolute atomic E-state index is 13.2. The molecule has 0 bridgehead atoms. The second-order valence-corrected chi connectivity index (χ2v) is 9.16. The second-order valence-electron chi connectivity index (χ2n) is 9.16. The molecule has 0 N–H and O–H groups in total. The molecule has 7 nitrogen and oxygen atoms in total. The van der Waals surface area contributed by atoms with Crippen LogP contribution in [0.5, 0.6) is 0 Å². The van der Waals surface area contributed by atoms with Crippen molar-refractivity contribution in [3.8, 4) is 28.3 Å². The van der Waals surface area contributed by atoms with Crippen LogP contribution < -0.4 is 0 Å². The summed E-state index contributed by atoms with van der Waals surface area (Å²) in [6, 6.07) is 16.0. The van der Waals surface area contributed by atoms with Gasteiger partial charge < -0.3 is 14.4 Å². The summed E-state index contributed by atoms with van der Waals surface area (Å²) in [5.74, 6) is 0.931. The number of aromatic nitrogens is 3. The molecular formula is C27H24N6O. The monoisotopic (exact) mass is 448 g/mol. The molecule has 34 heavy (non-hydrogen) atoms. The van der Waals surface area contributed by atoms with Crippen molar-refractivity contribution >= 4 is 11.6 Å². The van der Waals surface area contributed by atoms with Gasteiger partial charge in [0.2, 0.25) is 0 Å². The standard InChI is InChI=1S/C27H24N6O/c1-28-22-7-4-18(5-8-22)20-13-25-26-29-10-11-33(26)24-9-6-19(12-21(24)15-32(25)14-20)27(34)31(3)23-16-30(2)17-23/h4-14,23H,15-17H2,2-3H3. The maximum atomic E-state index is 13.2. The number of rotatable bonds is 3. The van der Waals surface area contributed by atoms with E-state index in [-0.39, 0.29) is 11.9 Å². The zero-order chi connectivity index (χ0) is 23.4. The fourth-order valence-corrected chi connectivity index (χ4v) is 4.95. The summed E-state index contributed by atoms with van der Waals surface area (Å²) < 4.78 is 4.29. The number of likely N-dealkylation sites (N-methyl/N-ethyl adjacent to an activating group) is 2. The molecule has 0 aliphatic carbocycles. The fourth-order valence-electron chi connectivity index (χ4n) is 4.95. The Morgan fingerprint density at radius 1 is 1.12 bits per heavy atom. The number of imidazole rings is 1. The molecule has 6 rings (SSSR count). The van der Waals surface area contributed by atoms with Crippen LogP contribution in [0.1, 0.15) is 15.9 Å². The molecule has 7 heteroatoms. The average molecular weight is 449 g/mol. The first-order chi connectivity index (χ1) is 16.5. The van der Waals surface area contributed by atoms with Crippen molar-refractivity contribution < 1.29 is 4.79 Å². The van der Waals surface area contributed by atoms with Crippen LogP contribution in [0.4, 0.5) is 5.69 Å². The number of likely N-dealkylation sites (tertiary alicyclic amines) is 1. The number of fused-ring (bicyclic) bond motifs is 5. The lowest BCUT2D eigenvalue weighted by molar-refractivity contribution is 0.0460. The highest BCUT2D eigenvalue weighted by molar-refractivity contribution is 5.95. The van der Waals surface area contributed by atoms with Crippen LogP contribution in [0.3, 0.4) is 0 Å². The minimum atomic E-state index is 0.0596. The molecule has 4 aromatic rings. The third kappa shape index (κ3) is 3.23. The second kappa shape index (κ2) is 7.72. The summed E-state index contributed by atoms with van der Waals surface area (Å²) in [4.78, 5) is 25.4. The van der Waals surface area contributed by atoms with Crippen LogP contribution in [-0.2, 0) is 6.54 Å². The highest BCUT2D eigenvalue weighted by Crippen LogP contribution is 2.34. The molecule has 2 aromatic carbocycles. The molecule has 1 fully saturated rings. The summed E-state index contributed by atoms with van der Waals surface area (Å²) in [6.07, 6.45) is 5.91. The predicted molar refractivity (Wildman–Crippen MR) is 131 cm³/mol. The number of benzene rings is 2. The molecule has 2 aromatic heterocycles. The molecule has 2 aliphatic heterocycles. The Kier molecular flexibility index (Phi) is 4.64. The lowest BCUT2D eigenvalue weighted by Gasteiger charge is -2.41. The van der Waals surface area contributed by atoms with Gasteiger partial charge in [-0.05, 0) is 42.4 Å². The van der Waals surface area contributed by atoms with Crippen molar-refractivity contribution in [3.05, 3.63) is 89.7 Å².